The number of methoxy groups -OCH3 is 1. The molecule has 0 aliphatic heterocycles. The van der Waals surface area contributed by atoms with Crippen LogP contribution in [0.1, 0.15) is 13.8 Å². The monoisotopic (exact) mass is 98.1 g/mol. The lowest BCUT2D eigenvalue weighted by molar-refractivity contribution is 0.116. The summed E-state index contributed by atoms with van der Waals surface area (Å²) in [5.41, 5.74) is 0. The van der Waals surface area contributed by atoms with Crippen LogP contribution in [0, 0.1) is 0 Å². The molecule has 0 bridgehead atoms. The predicted molar refractivity (Wildman–Crippen MR) is 31.6 cm³/mol. The highest BCUT2D eigenvalue weighted by molar-refractivity contribution is 6.11. The van der Waals surface area contributed by atoms with Crippen molar-refractivity contribution in [2.45, 2.75) is 25.8 Å². The van der Waals surface area contributed by atoms with Gasteiger partial charge in [-0.2, -0.15) is 0 Å². The molecule has 0 spiro atoms. The Morgan fingerprint density at radius 3 is 1.86 bits per heavy atom. The zero-order valence-corrected chi connectivity index (χ0v) is 5.14. The third kappa shape index (κ3) is 2.69. The van der Waals surface area contributed by atoms with Crippen LogP contribution in [-0.2, 0) is 4.74 Å². The van der Waals surface area contributed by atoms with Crippen molar-refractivity contribution in [1.29, 1.82) is 0 Å². The van der Waals surface area contributed by atoms with Gasteiger partial charge in [0.15, 0.2) is 0 Å². The van der Waals surface area contributed by atoms with Crippen molar-refractivity contribution in [3.8, 4) is 0 Å². The van der Waals surface area contributed by atoms with Crippen LogP contribution >= 0.6 is 0 Å². The molecule has 40 valence electrons. The Kier molecular flexibility index (Phi) is 3.09. The summed E-state index contributed by atoms with van der Waals surface area (Å²) in [5.74, 6) is 0.144. The molecule has 2 unspecified atom stereocenters. The van der Waals surface area contributed by atoms with Crippen LogP contribution in [0.2, 0.25) is 5.82 Å². The average molecular weight is 98.0 g/mol. The lowest BCUT2D eigenvalue weighted by Gasteiger charge is -2.12. The minimum Gasteiger partial charge on any atom is -0.382 e. The van der Waals surface area contributed by atoms with Gasteiger partial charge < -0.3 is 4.74 Å². The maximum absolute atomic E-state index is 5.42. The van der Waals surface area contributed by atoms with Gasteiger partial charge in [-0.15, -0.1) is 0 Å². The first-order valence-corrected chi connectivity index (χ1v) is 2.47. The van der Waals surface area contributed by atoms with Crippen molar-refractivity contribution < 1.29 is 4.74 Å². The lowest BCUT2D eigenvalue weighted by atomic mass is 9.85. The smallest absolute Gasteiger partial charge is 0.0730 e. The second-order valence-electron chi connectivity index (χ2n) is 1.80. The molecule has 0 fully saturated rings. The van der Waals surface area contributed by atoms with Crippen molar-refractivity contribution in [2.75, 3.05) is 7.11 Å². The van der Waals surface area contributed by atoms with Gasteiger partial charge in [0.2, 0.25) is 0 Å². The second-order valence-corrected chi connectivity index (χ2v) is 1.80. The Morgan fingerprint density at radius 2 is 1.86 bits per heavy atom. The van der Waals surface area contributed by atoms with Gasteiger partial charge in [-0.05, 0) is 6.92 Å². The van der Waals surface area contributed by atoms with Gasteiger partial charge in [-0.3, -0.25) is 0 Å². The molecule has 2 atom stereocenters. The highest BCUT2D eigenvalue weighted by Crippen LogP contribution is 2.05. The van der Waals surface area contributed by atoms with E-state index in [0.717, 1.165) is 0 Å². The van der Waals surface area contributed by atoms with E-state index in [9.17, 15) is 0 Å². The molecule has 0 heterocycles. The van der Waals surface area contributed by atoms with E-state index in [1.165, 1.54) is 0 Å². The summed E-state index contributed by atoms with van der Waals surface area (Å²) >= 11 is 0. The summed E-state index contributed by atoms with van der Waals surface area (Å²) in [7, 11) is 7.08. The van der Waals surface area contributed by atoms with Gasteiger partial charge in [0.1, 0.15) is 0 Å². The van der Waals surface area contributed by atoms with E-state index in [1.54, 1.807) is 7.11 Å². The number of ether oxygens (including phenoxy) is 1. The Balaban J connectivity index is 3.14. The summed E-state index contributed by atoms with van der Waals surface area (Å²) in [6.07, 6.45) is 0.181. The summed E-state index contributed by atoms with van der Waals surface area (Å²) in [4.78, 5) is 0. The summed E-state index contributed by atoms with van der Waals surface area (Å²) < 4.78 is 4.89. The fourth-order valence-electron chi connectivity index (χ4n) is 0.215. The molecule has 0 N–H and O–H groups in total. The van der Waals surface area contributed by atoms with Crippen molar-refractivity contribution in [3.63, 3.8) is 0 Å². The minimum atomic E-state index is 0.144. The first-order chi connectivity index (χ1) is 3.18. The normalized spacial score (nSPS) is 18.7. The third-order valence-corrected chi connectivity index (χ3v) is 1.11. The quantitative estimate of drug-likeness (QED) is 0.468. The predicted octanol–water partition coefficient (Wildman–Crippen LogP) is 0.998. The van der Waals surface area contributed by atoms with Crippen LogP contribution in [0.4, 0.5) is 0 Å². The van der Waals surface area contributed by atoms with Gasteiger partial charge in [-0.1, -0.05) is 12.7 Å². The van der Waals surface area contributed by atoms with Crippen LogP contribution in [0.25, 0.3) is 0 Å². The fourth-order valence-corrected chi connectivity index (χ4v) is 0.215. The molecule has 0 aromatic rings. The fraction of sp³-hybridized carbons (Fsp3) is 1.00. The first kappa shape index (κ1) is 7.02. The highest BCUT2D eigenvalue weighted by Gasteiger charge is 2.01. The van der Waals surface area contributed by atoms with Crippen LogP contribution in [0.5, 0.6) is 0 Å². The number of hydrogen-bond donors (Lipinski definition) is 0. The zero-order chi connectivity index (χ0) is 5.86. The largest absolute Gasteiger partial charge is 0.382 e. The van der Waals surface area contributed by atoms with E-state index in [2.05, 4.69) is 0 Å². The van der Waals surface area contributed by atoms with E-state index in [4.69, 9.17) is 12.6 Å². The number of rotatable bonds is 2. The average Bonchev–Trinajstić information content (AvgIpc) is 1.65. The molecule has 0 saturated carbocycles. The molecule has 0 aliphatic carbocycles. The Hall–Kier alpha value is 0.0249. The van der Waals surface area contributed by atoms with Gasteiger partial charge in [0.25, 0.3) is 0 Å². The Bertz CT molecular complexity index is 45.3. The molecule has 2 radical (unpaired) electrons. The molecule has 0 saturated heterocycles. The van der Waals surface area contributed by atoms with Crippen molar-refractivity contribution >= 4 is 7.85 Å². The maximum Gasteiger partial charge on any atom is 0.0730 e. The molecule has 0 aromatic heterocycles. The molecule has 0 aliphatic rings. The van der Waals surface area contributed by atoms with E-state index in [1.807, 2.05) is 13.8 Å². The van der Waals surface area contributed by atoms with Gasteiger partial charge in [0.05, 0.1) is 7.85 Å². The van der Waals surface area contributed by atoms with Crippen LogP contribution in [-0.4, -0.2) is 21.1 Å². The Morgan fingerprint density at radius 1 is 1.43 bits per heavy atom. The van der Waals surface area contributed by atoms with Crippen molar-refractivity contribution in [2.24, 2.45) is 0 Å². The van der Waals surface area contributed by atoms with Crippen molar-refractivity contribution in [3.05, 3.63) is 0 Å². The molecule has 1 nitrogen and oxygen atoms in total. The molecule has 0 amide bonds. The Labute approximate surface area is 46.5 Å². The van der Waals surface area contributed by atoms with Crippen LogP contribution in [0.3, 0.4) is 0 Å². The first-order valence-electron chi connectivity index (χ1n) is 2.47. The summed E-state index contributed by atoms with van der Waals surface area (Å²) in [6, 6.07) is 0. The van der Waals surface area contributed by atoms with Crippen molar-refractivity contribution in [1.82, 2.24) is 0 Å². The van der Waals surface area contributed by atoms with E-state index in [-0.39, 0.29) is 11.9 Å². The molecular weight excluding hydrogens is 86.9 g/mol. The lowest BCUT2D eigenvalue weighted by Crippen LogP contribution is -2.10. The van der Waals surface area contributed by atoms with E-state index in [0.29, 0.717) is 0 Å². The topological polar surface area (TPSA) is 9.23 Å². The SMILES string of the molecule is [B]C(C)C(C)OC. The second kappa shape index (κ2) is 3.08. The summed E-state index contributed by atoms with van der Waals surface area (Å²) in [6.45, 7) is 3.87. The molecule has 0 aromatic carbocycles. The van der Waals surface area contributed by atoms with Gasteiger partial charge in [0, 0.05) is 13.2 Å². The molecular formula is C5H11BO. The van der Waals surface area contributed by atoms with Gasteiger partial charge in [-0.25, -0.2) is 0 Å². The number of hydrogen-bond acceptors (Lipinski definition) is 1. The van der Waals surface area contributed by atoms with E-state index < -0.39 is 0 Å². The van der Waals surface area contributed by atoms with Gasteiger partial charge >= 0.3 is 0 Å². The van der Waals surface area contributed by atoms with Crippen LogP contribution < -0.4 is 0 Å². The maximum atomic E-state index is 5.42. The zero-order valence-electron chi connectivity index (χ0n) is 5.14. The minimum absolute atomic E-state index is 0.144. The molecule has 0 rings (SSSR count). The molecule has 2 heteroatoms. The van der Waals surface area contributed by atoms with Crippen LogP contribution in [0.15, 0.2) is 0 Å². The van der Waals surface area contributed by atoms with E-state index >= 15 is 0 Å². The summed E-state index contributed by atoms with van der Waals surface area (Å²) in [5, 5.41) is 0. The standard InChI is InChI=1S/C5H11BO/c1-4(6)5(2)7-3/h4-5H,1-3H3. The molecule has 7 heavy (non-hydrogen) atoms. The highest BCUT2D eigenvalue weighted by atomic mass is 16.5. The third-order valence-electron chi connectivity index (χ3n) is 1.11.